The van der Waals surface area contributed by atoms with Gasteiger partial charge < -0.3 is 10.0 Å². The van der Waals surface area contributed by atoms with Gasteiger partial charge in [0.15, 0.2) is 11.5 Å². The molecule has 0 bridgehead atoms. The summed E-state index contributed by atoms with van der Waals surface area (Å²) < 4.78 is 0. The lowest BCUT2D eigenvalue weighted by atomic mass is 9.96. The molecule has 0 spiro atoms. The Balaban J connectivity index is 2.31. The zero-order valence-electron chi connectivity index (χ0n) is 14.1. The molecule has 1 amide bonds. The Morgan fingerprint density at radius 2 is 1.83 bits per heavy atom. The zero-order valence-corrected chi connectivity index (χ0v) is 14.1. The van der Waals surface area contributed by atoms with E-state index in [0.29, 0.717) is 6.54 Å². The number of hydrogen-bond acceptors (Lipinski definition) is 3. The van der Waals surface area contributed by atoms with E-state index >= 15 is 0 Å². The number of aliphatic hydroxyl groups is 1. The van der Waals surface area contributed by atoms with E-state index < -0.39 is 17.7 Å². The Kier molecular flexibility index (Phi) is 5.59. The van der Waals surface area contributed by atoms with Crippen LogP contribution in [-0.4, -0.2) is 28.2 Å². The minimum Gasteiger partial charge on any atom is -0.503 e. The molecule has 1 N–H and O–H groups in total. The van der Waals surface area contributed by atoms with Gasteiger partial charge in [0.2, 0.25) is 0 Å². The first-order valence-electron chi connectivity index (χ1n) is 8.29. The van der Waals surface area contributed by atoms with Crippen molar-refractivity contribution in [3.8, 4) is 0 Å². The molecule has 23 heavy (non-hydrogen) atoms. The Hall–Kier alpha value is -2.10. The maximum absolute atomic E-state index is 12.4. The lowest BCUT2D eigenvalue weighted by Gasteiger charge is -2.26. The third kappa shape index (κ3) is 3.63. The van der Waals surface area contributed by atoms with Crippen molar-refractivity contribution in [2.45, 2.75) is 52.5 Å². The van der Waals surface area contributed by atoms with E-state index in [9.17, 15) is 14.7 Å². The molecule has 1 aromatic rings. The maximum atomic E-state index is 12.4. The van der Waals surface area contributed by atoms with Crippen LogP contribution in [0.15, 0.2) is 35.6 Å². The van der Waals surface area contributed by atoms with Gasteiger partial charge in [-0.05, 0) is 25.8 Å². The average Bonchev–Trinajstić information content (AvgIpc) is 2.77. The molecule has 1 atom stereocenters. The van der Waals surface area contributed by atoms with Crippen molar-refractivity contribution in [2.24, 2.45) is 0 Å². The predicted octanol–water partition coefficient (Wildman–Crippen LogP) is 3.86. The van der Waals surface area contributed by atoms with Gasteiger partial charge in [0.25, 0.3) is 5.91 Å². The van der Waals surface area contributed by atoms with Gasteiger partial charge in [0, 0.05) is 6.54 Å². The van der Waals surface area contributed by atoms with Gasteiger partial charge in [0.1, 0.15) is 0 Å². The second-order valence-electron chi connectivity index (χ2n) is 6.19. The van der Waals surface area contributed by atoms with Crippen LogP contribution < -0.4 is 0 Å². The summed E-state index contributed by atoms with van der Waals surface area (Å²) in [6.07, 6.45) is 4.16. The molecule has 4 nitrogen and oxygen atoms in total. The van der Waals surface area contributed by atoms with Gasteiger partial charge >= 0.3 is 0 Å². The topological polar surface area (TPSA) is 57.6 Å². The molecular weight excluding hydrogens is 290 g/mol. The fourth-order valence-electron chi connectivity index (χ4n) is 3.05. The number of amides is 1. The number of Topliss-reactive ketones (excluding diaryl/α,β-unsaturated/α-hetero) is 1. The number of nitrogens with zero attached hydrogens (tertiary/aromatic N) is 1. The number of unbranched alkanes of at least 4 members (excludes halogenated alkanes) is 3. The first-order valence-corrected chi connectivity index (χ1v) is 8.29. The van der Waals surface area contributed by atoms with E-state index in [1.807, 2.05) is 31.2 Å². The third-order valence-electron chi connectivity index (χ3n) is 4.33. The number of aryl methyl sites for hydroxylation is 1. The second kappa shape index (κ2) is 7.44. The van der Waals surface area contributed by atoms with E-state index in [2.05, 4.69) is 6.92 Å². The highest BCUT2D eigenvalue weighted by atomic mass is 16.3. The van der Waals surface area contributed by atoms with E-state index in [-0.39, 0.29) is 11.4 Å². The Bertz CT molecular complexity index is 616. The Morgan fingerprint density at radius 3 is 2.39 bits per heavy atom. The lowest BCUT2D eigenvalue weighted by molar-refractivity contribution is -0.129. The molecule has 1 aliphatic rings. The maximum Gasteiger partial charge on any atom is 0.290 e. The van der Waals surface area contributed by atoms with Crippen molar-refractivity contribution >= 4 is 11.7 Å². The molecule has 1 unspecified atom stereocenters. The fourth-order valence-corrected chi connectivity index (χ4v) is 3.05. The third-order valence-corrected chi connectivity index (χ3v) is 4.33. The van der Waals surface area contributed by atoms with E-state index in [1.165, 1.54) is 6.92 Å². The molecule has 0 saturated heterocycles. The predicted molar refractivity (Wildman–Crippen MR) is 90.1 cm³/mol. The zero-order chi connectivity index (χ0) is 17.0. The van der Waals surface area contributed by atoms with Crippen molar-refractivity contribution in [3.63, 3.8) is 0 Å². The molecule has 1 heterocycles. The molecule has 1 aliphatic heterocycles. The summed E-state index contributed by atoms with van der Waals surface area (Å²) in [5.74, 6) is -1.08. The van der Waals surface area contributed by atoms with Gasteiger partial charge in [-0.1, -0.05) is 56.0 Å². The van der Waals surface area contributed by atoms with Crippen LogP contribution in [-0.2, 0) is 9.59 Å². The van der Waals surface area contributed by atoms with Crippen molar-refractivity contribution in [1.29, 1.82) is 0 Å². The molecule has 0 radical (unpaired) electrons. The number of aliphatic hydroxyl groups excluding tert-OH is 1. The van der Waals surface area contributed by atoms with Crippen molar-refractivity contribution in [3.05, 3.63) is 46.7 Å². The standard InChI is InChI=1S/C19H25NO3/c1-4-5-6-7-12-20-17(15-10-8-13(2)9-11-15)16(14(3)21)18(22)19(20)23/h8-11,17,22H,4-7,12H2,1-3H3. The summed E-state index contributed by atoms with van der Waals surface area (Å²) in [5.41, 5.74) is 2.20. The van der Waals surface area contributed by atoms with Gasteiger partial charge in [-0.25, -0.2) is 0 Å². The first-order chi connectivity index (χ1) is 11.0. The molecule has 124 valence electrons. The van der Waals surface area contributed by atoms with Crippen LogP contribution in [0.2, 0.25) is 0 Å². The van der Waals surface area contributed by atoms with Crippen LogP contribution in [0.3, 0.4) is 0 Å². The molecule has 4 heteroatoms. The molecule has 1 aromatic carbocycles. The number of carbonyl (C=O) groups is 2. The van der Waals surface area contributed by atoms with Crippen molar-refractivity contribution in [1.82, 2.24) is 4.90 Å². The van der Waals surface area contributed by atoms with Gasteiger partial charge in [0.05, 0.1) is 11.6 Å². The summed E-state index contributed by atoms with van der Waals surface area (Å²) >= 11 is 0. The van der Waals surface area contributed by atoms with E-state index in [4.69, 9.17) is 0 Å². The summed E-state index contributed by atoms with van der Waals surface area (Å²) in [6.45, 7) is 6.08. The monoisotopic (exact) mass is 315 g/mol. The van der Waals surface area contributed by atoms with Gasteiger partial charge in [-0.2, -0.15) is 0 Å². The van der Waals surface area contributed by atoms with Crippen molar-refractivity contribution in [2.75, 3.05) is 6.54 Å². The van der Waals surface area contributed by atoms with Crippen LogP contribution in [0, 0.1) is 6.92 Å². The average molecular weight is 315 g/mol. The number of rotatable bonds is 7. The number of carbonyl (C=O) groups excluding carboxylic acids is 2. The molecule has 2 rings (SSSR count). The number of hydrogen-bond donors (Lipinski definition) is 1. The Morgan fingerprint density at radius 1 is 1.17 bits per heavy atom. The molecule has 0 fully saturated rings. The highest BCUT2D eigenvalue weighted by Crippen LogP contribution is 2.37. The summed E-state index contributed by atoms with van der Waals surface area (Å²) in [4.78, 5) is 26.0. The molecule has 0 aromatic heterocycles. The van der Waals surface area contributed by atoms with E-state index in [0.717, 1.165) is 36.8 Å². The SMILES string of the molecule is CCCCCCN1C(=O)C(O)=C(C(C)=O)C1c1ccc(C)cc1. The quantitative estimate of drug-likeness (QED) is 0.777. The van der Waals surface area contributed by atoms with Gasteiger partial charge in [-0.3, -0.25) is 9.59 Å². The number of ketones is 1. The van der Waals surface area contributed by atoms with Gasteiger partial charge in [-0.15, -0.1) is 0 Å². The van der Waals surface area contributed by atoms with E-state index in [1.54, 1.807) is 4.90 Å². The smallest absolute Gasteiger partial charge is 0.290 e. The summed E-state index contributed by atoms with van der Waals surface area (Å²) in [5, 5.41) is 10.2. The minimum absolute atomic E-state index is 0.217. The molecular formula is C19H25NO3. The molecule has 0 saturated carbocycles. The largest absolute Gasteiger partial charge is 0.503 e. The normalized spacial score (nSPS) is 18.0. The van der Waals surface area contributed by atoms with Crippen LogP contribution in [0.4, 0.5) is 0 Å². The lowest BCUT2D eigenvalue weighted by Crippen LogP contribution is -2.32. The van der Waals surface area contributed by atoms with Crippen molar-refractivity contribution < 1.29 is 14.7 Å². The second-order valence-corrected chi connectivity index (χ2v) is 6.19. The highest BCUT2D eigenvalue weighted by molar-refractivity contribution is 6.08. The Labute approximate surface area is 137 Å². The van der Waals surface area contributed by atoms with Crippen LogP contribution in [0.5, 0.6) is 0 Å². The van der Waals surface area contributed by atoms with Crippen LogP contribution >= 0.6 is 0 Å². The molecule has 0 aliphatic carbocycles. The first kappa shape index (κ1) is 17.3. The number of benzene rings is 1. The summed E-state index contributed by atoms with van der Waals surface area (Å²) in [7, 11) is 0. The van der Waals surface area contributed by atoms with Crippen LogP contribution in [0.25, 0.3) is 0 Å². The highest BCUT2D eigenvalue weighted by Gasteiger charge is 2.41. The summed E-state index contributed by atoms with van der Waals surface area (Å²) in [6, 6.07) is 7.30. The van der Waals surface area contributed by atoms with Crippen LogP contribution in [0.1, 0.15) is 56.7 Å². The fraction of sp³-hybridized carbons (Fsp3) is 0.474. The minimum atomic E-state index is -0.470.